The summed E-state index contributed by atoms with van der Waals surface area (Å²) in [6, 6.07) is 8.54. The van der Waals surface area contributed by atoms with Crippen LogP contribution in [0.2, 0.25) is 0 Å². The van der Waals surface area contributed by atoms with Gasteiger partial charge in [0.05, 0.1) is 0 Å². The van der Waals surface area contributed by atoms with E-state index in [1.165, 1.54) is 11.1 Å². The Balaban J connectivity index is 2.40. The van der Waals surface area contributed by atoms with Crippen LogP contribution in [0.3, 0.4) is 0 Å². The maximum absolute atomic E-state index is 9.30. The molecule has 0 amide bonds. The van der Waals surface area contributed by atoms with Crippen LogP contribution in [0.5, 0.6) is 0 Å². The van der Waals surface area contributed by atoms with E-state index in [9.17, 15) is 5.11 Å². The van der Waals surface area contributed by atoms with Crippen LogP contribution in [0.15, 0.2) is 24.3 Å². The molecule has 2 nitrogen and oxygen atoms in total. The van der Waals surface area contributed by atoms with Crippen LogP contribution in [0.4, 0.5) is 0 Å². The average Bonchev–Trinajstić information content (AvgIpc) is 2.31. The first kappa shape index (κ1) is 13.2. The Morgan fingerprint density at radius 3 is 2.50 bits per heavy atom. The van der Waals surface area contributed by atoms with Crippen molar-refractivity contribution in [3.63, 3.8) is 0 Å². The molecule has 16 heavy (non-hydrogen) atoms. The quantitative estimate of drug-likeness (QED) is 0.718. The molecule has 1 atom stereocenters. The zero-order valence-corrected chi connectivity index (χ0v) is 10.3. The molecule has 0 bridgehead atoms. The summed E-state index contributed by atoms with van der Waals surface area (Å²) in [4.78, 5) is 0. The van der Waals surface area contributed by atoms with Gasteiger partial charge in [-0.1, -0.05) is 29.8 Å². The van der Waals surface area contributed by atoms with Gasteiger partial charge in [0.1, 0.15) is 0 Å². The maximum atomic E-state index is 9.30. The van der Waals surface area contributed by atoms with Gasteiger partial charge in [-0.2, -0.15) is 0 Å². The van der Waals surface area contributed by atoms with Crippen molar-refractivity contribution in [1.82, 2.24) is 0 Å². The highest BCUT2D eigenvalue weighted by atomic mass is 16.5. The van der Waals surface area contributed by atoms with E-state index in [4.69, 9.17) is 4.74 Å². The minimum atomic E-state index is 0.261. The van der Waals surface area contributed by atoms with Crippen molar-refractivity contribution in [3.05, 3.63) is 35.4 Å². The Morgan fingerprint density at radius 2 is 1.94 bits per heavy atom. The second kappa shape index (κ2) is 7.42. The van der Waals surface area contributed by atoms with Gasteiger partial charge in [0, 0.05) is 20.3 Å². The second-order valence-electron chi connectivity index (χ2n) is 4.37. The Labute approximate surface area is 98.3 Å². The van der Waals surface area contributed by atoms with Gasteiger partial charge >= 0.3 is 0 Å². The fraction of sp³-hybridized carbons (Fsp3) is 0.571. The predicted molar refractivity (Wildman–Crippen MR) is 66.6 cm³/mol. The highest BCUT2D eigenvalue weighted by Gasteiger charge is 2.08. The first-order valence-electron chi connectivity index (χ1n) is 5.91. The fourth-order valence-corrected chi connectivity index (χ4v) is 1.83. The normalized spacial score (nSPS) is 12.7. The molecular formula is C14H22O2. The Bertz CT molecular complexity index is 279. The van der Waals surface area contributed by atoms with E-state index in [2.05, 4.69) is 31.2 Å². The zero-order valence-electron chi connectivity index (χ0n) is 10.3. The van der Waals surface area contributed by atoms with E-state index in [0.717, 1.165) is 25.9 Å². The minimum absolute atomic E-state index is 0.261. The van der Waals surface area contributed by atoms with Crippen molar-refractivity contribution in [2.75, 3.05) is 20.3 Å². The number of hydrogen-bond acceptors (Lipinski definition) is 2. The summed E-state index contributed by atoms with van der Waals surface area (Å²) >= 11 is 0. The molecule has 0 heterocycles. The molecule has 90 valence electrons. The van der Waals surface area contributed by atoms with Crippen LogP contribution in [-0.4, -0.2) is 25.4 Å². The Kier molecular flexibility index (Phi) is 6.12. The Hall–Kier alpha value is -0.860. The van der Waals surface area contributed by atoms with Crippen LogP contribution < -0.4 is 0 Å². The van der Waals surface area contributed by atoms with E-state index in [1.807, 2.05) is 0 Å². The van der Waals surface area contributed by atoms with Gasteiger partial charge < -0.3 is 9.84 Å². The number of aliphatic hydroxyl groups is 1. The predicted octanol–water partition coefficient (Wildman–Crippen LogP) is 2.57. The third-order valence-electron chi connectivity index (χ3n) is 2.86. The van der Waals surface area contributed by atoms with Gasteiger partial charge in [0.2, 0.25) is 0 Å². The third kappa shape index (κ3) is 4.77. The van der Waals surface area contributed by atoms with E-state index in [0.29, 0.717) is 5.92 Å². The summed E-state index contributed by atoms with van der Waals surface area (Å²) in [6.07, 6.45) is 3.01. The molecule has 1 unspecified atom stereocenters. The Morgan fingerprint density at radius 1 is 1.25 bits per heavy atom. The lowest BCUT2D eigenvalue weighted by Gasteiger charge is -2.13. The van der Waals surface area contributed by atoms with Crippen molar-refractivity contribution in [1.29, 1.82) is 0 Å². The summed E-state index contributed by atoms with van der Waals surface area (Å²) in [6.45, 7) is 3.13. The second-order valence-corrected chi connectivity index (χ2v) is 4.37. The molecular weight excluding hydrogens is 200 g/mol. The van der Waals surface area contributed by atoms with Gasteiger partial charge in [-0.15, -0.1) is 0 Å². The number of rotatable bonds is 7. The molecule has 1 rings (SSSR count). The van der Waals surface area contributed by atoms with Crippen LogP contribution >= 0.6 is 0 Å². The number of methoxy groups -OCH3 is 1. The smallest absolute Gasteiger partial charge is 0.0462 e. The summed E-state index contributed by atoms with van der Waals surface area (Å²) in [5.74, 6) is 0.359. The molecule has 0 fully saturated rings. The number of benzene rings is 1. The molecule has 0 aliphatic carbocycles. The SMILES string of the molecule is COCCCC(CO)Cc1ccc(C)cc1. The van der Waals surface area contributed by atoms with Crippen molar-refractivity contribution in [2.24, 2.45) is 5.92 Å². The molecule has 1 aromatic carbocycles. The molecule has 0 radical (unpaired) electrons. The molecule has 1 N–H and O–H groups in total. The highest BCUT2D eigenvalue weighted by Crippen LogP contribution is 2.14. The van der Waals surface area contributed by atoms with Gasteiger partial charge in [-0.3, -0.25) is 0 Å². The van der Waals surface area contributed by atoms with E-state index in [-0.39, 0.29) is 6.61 Å². The first-order chi connectivity index (χ1) is 7.76. The summed E-state index contributed by atoms with van der Waals surface area (Å²) in [5, 5.41) is 9.30. The fourth-order valence-electron chi connectivity index (χ4n) is 1.83. The summed E-state index contributed by atoms with van der Waals surface area (Å²) < 4.78 is 5.02. The molecule has 0 aromatic heterocycles. The van der Waals surface area contributed by atoms with Crippen molar-refractivity contribution in [3.8, 4) is 0 Å². The van der Waals surface area contributed by atoms with Gasteiger partial charge in [0.15, 0.2) is 0 Å². The molecule has 0 aliphatic heterocycles. The van der Waals surface area contributed by atoms with E-state index < -0.39 is 0 Å². The molecule has 0 saturated carbocycles. The first-order valence-corrected chi connectivity index (χ1v) is 5.91. The number of ether oxygens (including phenoxy) is 1. The maximum Gasteiger partial charge on any atom is 0.0462 e. The number of aryl methyl sites for hydroxylation is 1. The van der Waals surface area contributed by atoms with Crippen molar-refractivity contribution >= 4 is 0 Å². The largest absolute Gasteiger partial charge is 0.396 e. The standard InChI is InChI=1S/C14H22O2/c1-12-5-7-13(8-6-12)10-14(11-15)4-3-9-16-2/h5-8,14-15H,3-4,9-11H2,1-2H3. The van der Waals surface area contributed by atoms with Crippen LogP contribution in [0.1, 0.15) is 24.0 Å². The lowest BCUT2D eigenvalue weighted by molar-refractivity contribution is 0.169. The minimum Gasteiger partial charge on any atom is -0.396 e. The summed E-state index contributed by atoms with van der Waals surface area (Å²) in [5.41, 5.74) is 2.59. The monoisotopic (exact) mass is 222 g/mol. The molecule has 0 aliphatic rings. The van der Waals surface area contributed by atoms with Gasteiger partial charge in [-0.25, -0.2) is 0 Å². The topological polar surface area (TPSA) is 29.5 Å². The third-order valence-corrected chi connectivity index (χ3v) is 2.86. The highest BCUT2D eigenvalue weighted by molar-refractivity contribution is 5.21. The number of hydrogen-bond donors (Lipinski definition) is 1. The average molecular weight is 222 g/mol. The molecule has 0 saturated heterocycles. The van der Waals surface area contributed by atoms with Gasteiger partial charge in [0.25, 0.3) is 0 Å². The van der Waals surface area contributed by atoms with Crippen molar-refractivity contribution < 1.29 is 9.84 Å². The van der Waals surface area contributed by atoms with Crippen LogP contribution in [0, 0.1) is 12.8 Å². The van der Waals surface area contributed by atoms with E-state index >= 15 is 0 Å². The van der Waals surface area contributed by atoms with Gasteiger partial charge in [-0.05, 0) is 37.7 Å². The molecule has 1 aromatic rings. The lowest BCUT2D eigenvalue weighted by Crippen LogP contribution is -2.10. The van der Waals surface area contributed by atoms with Crippen molar-refractivity contribution in [2.45, 2.75) is 26.2 Å². The molecule has 0 spiro atoms. The van der Waals surface area contributed by atoms with Crippen LogP contribution in [0.25, 0.3) is 0 Å². The summed E-state index contributed by atoms with van der Waals surface area (Å²) in [7, 11) is 1.72. The lowest BCUT2D eigenvalue weighted by atomic mass is 9.95. The van der Waals surface area contributed by atoms with Crippen LogP contribution in [-0.2, 0) is 11.2 Å². The number of aliphatic hydroxyl groups excluding tert-OH is 1. The van der Waals surface area contributed by atoms with E-state index in [1.54, 1.807) is 7.11 Å². The molecule has 2 heteroatoms. The zero-order chi connectivity index (χ0) is 11.8.